The summed E-state index contributed by atoms with van der Waals surface area (Å²) in [5, 5.41) is 3.09. The zero-order valence-corrected chi connectivity index (χ0v) is 15.4. The maximum Gasteiger partial charge on any atom is 0.233 e. The summed E-state index contributed by atoms with van der Waals surface area (Å²) in [6, 6.07) is 0. The van der Waals surface area contributed by atoms with E-state index < -0.39 is 5.41 Å². The first-order chi connectivity index (χ1) is 9.61. The molecule has 0 rings (SSSR count). The number of hydrogen-bond acceptors (Lipinski definition) is 3. The number of nitrogens with two attached hydrogens (primary N) is 1. The normalized spacial score (nSPS) is 12.5. The number of rotatable bonds is 10. The molecule has 0 unspecified atom stereocenters. The Balaban J connectivity index is 4.94. The van der Waals surface area contributed by atoms with Crippen LogP contribution in [0.4, 0.5) is 0 Å². The van der Waals surface area contributed by atoms with Gasteiger partial charge in [-0.25, -0.2) is 0 Å². The number of carbonyl (C=O) groups is 1. The fraction of sp³-hybridized carbons (Fsp3) is 0.875. The van der Waals surface area contributed by atoms with Crippen LogP contribution in [-0.4, -0.2) is 43.0 Å². The Hall–Kier alpha value is -0.680. The van der Waals surface area contributed by atoms with Gasteiger partial charge in [0, 0.05) is 13.1 Å². The van der Waals surface area contributed by atoms with Gasteiger partial charge in [0.1, 0.15) is 0 Å². The van der Waals surface area contributed by atoms with Gasteiger partial charge >= 0.3 is 0 Å². The molecule has 0 aromatic heterocycles. The molecule has 0 aliphatic rings. The minimum absolute atomic E-state index is 0.00877. The Morgan fingerprint density at radius 2 is 1.67 bits per heavy atom. The van der Waals surface area contributed by atoms with Crippen molar-refractivity contribution < 1.29 is 4.79 Å². The molecule has 0 bridgehead atoms. The highest BCUT2D eigenvalue weighted by Crippen LogP contribution is 2.31. The molecule has 4 nitrogen and oxygen atoms in total. The predicted octanol–water partition coefficient (Wildman–Crippen LogP) is 2.56. The molecule has 0 saturated carbocycles. The summed E-state index contributed by atoms with van der Waals surface area (Å²) in [6.07, 6.45) is 3.23. The molecule has 0 fully saturated rings. The molecule has 21 heavy (non-hydrogen) atoms. The Morgan fingerprint density at radius 3 is 2.00 bits per heavy atom. The largest absolute Gasteiger partial charge is 0.392 e. The van der Waals surface area contributed by atoms with E-state index in [9.17, 15) is 4.79 Å². The zero-order valence-electron chi connectivity index (χ0n) is 14.6. The zero-order chi connectivity index (χ0) is 16.7. The van der Waals surface area contributed by atoms with Crippen molar-refractivity contribution in [3.8, 4) is 0 Å². The second kappa shape index (κ2) is 8.69. The van der Waals surface area contributed by atoms with Gasteiger partial charge in [0.2, 0.25) is 5.91 Å². The van der Waals surface area contributed by atoms with Gasteiger partial charge in [0.25, 0.3) is 0 Å². The average Bonchev–Trinajstić information content (AvgIpc) is 2.33. The minimum atomic E-state index is -0.687. The van der Waals surface area contributed by atoms with Crippen LogP contribution < -0.4 is 11.1 Å². The summed E-state index contributed by atoms with van der Waals surface area (Å²) in [4.78, 5) is 15.2. The van der Waals surface area contributed by atoms with Crippen LogP contribution in [0.1, 0.15) is 53.4 Å². The van der Waals surface area contributed by atoms with Crippen LogP contribution in [0.15, 0.2) is 0 Å². The van der Waals surface area contributed by atoms with Crippen molar-refractivity contribution in [2.24, 2.45) is 16.6 Å². The first-order valence-electron chi connectivity index (χ1n) is 7.84. The minimum Gasteiger partial charge on any atom is -0.392 e. The molecule has 0 spiro atoms. The highest BCUT2D eigenvalue weighted by molar-refractivity contribution is 7.80. The van der Waals surface area contributed by atoms with Crippen LogP contribution >= 0.6 is 12.2 Å². The second-order valence-corrected chi connectivity index (χ2v) is 7.47. The molecule has 0 aromatic rings. The molecule has 1 amide bonds. The van der Waals surface area contributed by atoms with Crippen LogP contribution in [0.2, 0.25) is 0 Å². The van der Waals surface area contributed by atoms with Gasteiger partial charge in [-0.2, -0.15) is 0 Å². The molecule has 124 valence electrons. The molecule has 0 aliphatic carbocycles. The smallest absolute Gasteiger partial charge is 0.233 e. The maximum absolute atomic E-state index is 12.7. The van der Waals surface area contributed by atoms with E-state index in [-0.39, 0.29) is 11.3 Å². The van der Waals surface area contributed by atoms with E-state index in [0.29, 0.717) is 11.5 Å². The molecule has 0 aliphatic heterocycles. The summed E-state index contributed by atoms with van der Waals surface area (Å²) in [6.45, 7) is 9.96. The Labute approximate surface area is 135 Å². The van der Waals surface area contributed by atoms with Crippen LogP contribution in [0.25, 0.3) is 0 Å². The number of nitrogens with zero attached hydrogens (tertiary/aromatic N) is 1. The highest BCUT2D eigenvalue weighted by Gasteiger charge is 2.40. The highest BCUT2D eigenvalue weighted by atomic mass is 32.1. The molecule has 3 N–H and O–H groups in total. The Morgan fingerprint density at radius 1 is 1.19 bits per heavy atom. The third-order valence-corrected chi connectivity index (χ3v) is 4.12. The van der Waals surface area contributed by atoms with Crippen LogP contribution in [0.3, 0.4) is 0 Å². The van der Waals surface area contributed by atoms with Crippen molar-refractivity contribution in [3.63, 3.8) is 0 Å². The first kappa shape index (κ1) is 20.3. The summed E-state index contributed by atoms with van der Waals surface area (Å²) in [7, 11) is 4.08. The molecule has 5 heteroatoms. The number of thiocarbonyl (C=S) groups is 1. The molecule has 0 radical (unpaired) electrons. The van der Waals surface area contributed by atoms with Crippen LogP contribution in [-0.2, 0) is 4.79 Å². The third-order valence-electron chi connectivity index (χ3n) is 3.73. The van der Waals surface area contributed by atoms with Gasteiger partial charge in [-0.3, -0.25) is 4.79 Å². The van der Waals surface area contributed by atoms with Gasteiger partial charge in [0.15, 0.2) is 0 Å². The summed E-state index contributed by atoms with van der Waals surface area (Å²) in [5.74, 6) is -0.00877. The topological polar surface area (TPSA) is 58.4 Å². The number of nitrogens with one attached hydrogen (secondary N) is 1. The molecule has 0 saturated heterocycles. The van der Waals surface area contributed by atoms with Crippen molar-refractivity contribution in [3.05, 3.63) is 0 Å². The van der Waals surface area contributed by atoms with Gasteiger partial charge in [-0.1, -0.05) is 52.8 Å². The second-order valence-electron chi connectivity index (χ2n) is 7.03. The van der Waals surface area contributed by atoms with E-state index in [1.54, 1.807) is 0 Å². The molecular weight excluding hydrogens is 282 g/mol. The number of carbonyl (C=O) groups excluding carboxylic acids is 1. The fourth-order valence-corrected chi connectivity index (χ4v) is 3.26. The quantitative estimate of drug-likeness (QED) is 0.608. The van der Waals surface area contributed by atoms with Crippen molar-refractivity contribution in [1.82, 2.24) is 10.2 Å². The van der Waals surface area contributed by atoms with E-state index in [1.807, 2.05) is 14.1 Å². The van der Waals surface area contributed by atoms with Crippen LogP contribution in [0, 0.1) is 10.8 Å². The van der Waals surface area contributed by atoms with E-state index in [4.69, 9.17) is 18.0 Å². The maximum atomic E-state index is 12.7. The van der Waals surface area contributed by atoms with Crippen molar-refractivity contribution in [2.45, 2.75) is 53.4 Å². The third kappa shape index (κ3) is 6.30. The lowest BCUT2D eigenvalue weighted by Crippen LogP contribution is -2.51. The summed E-state index contributed by atoms with van der Waals surface area (Å²) >= 11 is 5.22. The van der Waals surface area contributed by atoms with E-state index >= 15 is 0 Å². The summed E-state index contributed by atoms with van der Waals surface area (Å²) in [5.41, 5.74) is 5.25. The fourth-order valence-electron chi connectivity index (χ4n) is 2.96. The average molecular weight is 316 g/mol. The lowest BCUT2D eigenvalue weighted by Gasteiger charge is -2.34. The standard InChI is InChI=1S/C16H33N3OS/c1-7-9-16(10-8-2,13(17)21)14(20)18-11-15(3,4)12-19(5)6/h7-12H2,1-6H3,(H2,17,21)(H,18,20). The van der Waals surface area contributed by atoms with E-state index in [1.165, 1.54) is 0 Å². The number of hydrogen-bond donors (Lipinski definition) is 2. The van der Waals surface area contributed by atoms with E-state index in [0.717, 1.165) is 32.2 Å². The number of amides is 1. The summed E-state index contributed by atoms with van der Waals surface area (Å²) < 4.78 is 0. The van der Waals surface area contributed by atoms with Crippen molar-refractivity contribution >= 4 is 23.1 Å². The molecule has 0 atom stereocenters. The molecule has 0 heterocycles. The van der Waals surface area contributed by atoms with Gasteiger partial charge < -0.3 is 16.0 Å². The molecular formula is C16H33N3OS. The molecule has 0 aromatic carbocycles. The Kier molecular flexibility index (Phi) is 8.41. The lowest BCUT2D eigenvalue weighted by atomic mass is 9.78. The Bertz CT molecular complexity index is 347. The SMILES string of the molecule is CCCC(CCC)(C(=O)NCC(C)(C)CN(C)C)C(N)=S. The predicted molar refractivity (Wildman–Crippen MR) is 94.4 cm³/mol. The van der Waals surface area contributed by atoms with Crippen molar-refractivity contribution in [2.75, 3.05) is 27.2 Å². The first-order valence-corrected chi connectivity index (χ1v) is 8.25. The van der Waals surface area contributed by atoms with Gasteiger partial charge in [0.05, 0.1) is 10.4 Å². The van der Waals surface area contributed by atoms with E-state index in [2.05, 4.69) is 37.9 Å². The van der Waals surface area contributed by atoms with Crippen LogP contribution in [0.5, 0.6) is 0 Å². The van der Waals surface area contributed by atoms with Crippen molar-refractivity contribution in [1.29, 1.82) is 0 Å². The lowest BCUT2D eigenvalue weighted by molar-refractivity contribution is -0.128. The van der Waals surface area contributed by atoms with Gasteiger partial charge in [-0.15, -0.1) is 0 Å². The van der Waals surface area contributed by atoms with Gasteiger partial charge in [-0.05, 0) is 32.4 Å². The monoisotopic (exact) mass is 315 g/mol.